The quantitative estimate of drug-likeness (QED) is 0.764. The molecule has 2 heteroatoms. The van der Waals surface area contributed by atoms with Gasteiger partial charge in [-0.1, -0.05) is 60.8 Å². The highest BCUT2D eigenvalue weighted by molar-refractivity contribution is 5.75. The first-order valence-corrected chi connectivity index (χ1v) is 6.54. The Morgan fingerprint density at radius 1 is 1.10 bits per heavy atom. The molecule has 0 aliphatic heterocycles. The van der Waals surface area contributed by atoms with E-state index in [1.807, 2.05) is 74.6 Å². The fourth-order valence-corrected chi connectivity index (χ4v) is 1.76. The van der Waals surface area contributed by atoms with Crippen molar-refractivity contribution in [2.75, 3.05) is 0 Å². The molecule has 0 atom stereocenters. The Hall–Kier alpha value is -2.66. The summed E-state index contributed by atoms with van der Waals surface area (Å²) in [7, 11) is 0. The summed E-state index contributed by atoms with van der Waals surface area (Å²) in [5.74, 6) is 0.662. The van der Waals surface area contributed by atoms with Crippen LogP contribution in [0.1, 0.15) is 25.4 Å². The first-order valence-electron chi connectivity index (χ1n) is 6.54. The second-order valence-electron chi connectivity index (χ2n) is 4.13. The third-order valence-corrected chi connectivity index (χ3v) is 2.74. The van der Waals surface area contributed by atoms with Crippen molar-refractivity contribution in [3.05, 3.63) is 84.5 Å². The Balaban J connectivity index is 2.39. The summed E-state index contributed by atoms with van der Waals surface area (Å²) in [4.78, 5) is 8.73. The van der Waals surface area contributed by atoms with Gasteiger partial charge in [-0.2, -0.15) is 4.98 Å². The monoisotopic (exact) mass is 260 g/mol. The Morgan fingerprint density at radius 3 is 2.70 bits per heavy atom. The number of hydrogen-bond donors (Lipinski definition) is 0. The second-order valence-corrected chi connectivity index (χ2v) is 4.13. The highest BCUT2D eigenvalue weighted by Crippen LogP contribution is 2.16. The molecule has 1 aromatic rings. The van der Waals surface area contributed by atoms with Crippen LogP contribution >= 0.6 is 0 Å². The van der Waals surface area contributed by atoms with Crippen LogP contribution in [0.15, 0.2) is 60.8 Å². The molecule has 0 fully saturated rings. The Kier molecular flexibility index (Phi) is 4.86. The average Bonchev–Trinajstić information content (AvgIpc) is 2.44. The van der Waals surface area contributed by atoms with Gasteiger partial charge in [0.25, 0.3) is 0 Å². The van der Waals surface area contributed by atoms with Crippen LogP contribution in [-0.4, -0.2) is 9.97 Å². The number of hydrogen-bond acceptors (Lipinski definition) is 2. The summed E-state index contributed by atoms with van der Waals surface area (Å²) >= 11 is 0. The lowest BCUT2D eigenvalue weighted by Crippen LogP contribution is -1.95. The number of rotatable bonds is 3. The zero-order valence-electron chi connectivity index (χ0n) is 11.7. The van der Waals surface area contributed by atoms with E-state index in [9.17, 15) is 0 Å². The maximum absolute atomic E-state index is 4.56. The minimum Gasteiger partial charge on any atom is -0.218 e. The zero-order valence-corrected chi connectivity index (χ0v) is 11.7. The van der Waals surface area contributed by atoms with Crippen molar-refractivity contribution in [3.63, 3.8) is 0 Å². The highest BCUT2D eigenvalue weighted by Gasteiger charge is 2.04. The molecule has 0 N–H and O–H groups in total. The second kappa shape index (κ2) is 7.06. The maximum Gasteiger partial charge on any atom is 0.170 e. The van der Waals surface area contributed by atoms with Crippen LogP contribution in [0.3, 0.4) is 0 Å². The smallest absolute Gasteiger partial charge is 0.170 e. The van der Waals surface area contributed by atoms with Gasteiger partial charge >= 0.3 is 0 Å². The molecule has 20 heavy (non-hydrogen) atoms. The lowest BCUT2D eigenvalue weighted by atomic mass is 10.1. The molecule has 0 amide bonds. The van der Waals surface area contributed by atoms with Crippen LogP contribution in [0.25, 0.3) is 11.1 Å². The van der Waals surface area contributed by atoms with Crippen molar-refractivity contribution in [1.29, 1.82) is 0 Å². The topological polar surface area (TPSA) is 25.8 Å². The summed E-state index contributed by atoms with van der Waals surface area (Å²) in [5.41, 5.74) is 2.71. The minimum absolute atomic E-state index is 0.662. The molecule has 98 valence electrons. The summed E-state index contributed by atoms with van der Waals surface area (Å²) in [6, 6.07) is 2.97. The van der Waals surface area contributed by atoms with Crippen LogP contribution in [-0.2, 0) is 0 Å². The van der Waals surface area contributed by atoms with Crippen LogP contribution in [0.5, 0.6) is 0 Å². The molecule has 1 aliphatic carbocycles. The Morgan fingerprint density at radius 2 is 1.90 bits per heavy atom. The minimum atomic E-state index is 0.662. The van der Waals surface area contributed by atoms with Gasteiger partial charge in [-0.3, -0.25) is 0 Å². The molecule has 1 heterocycles. The molecule has 0 aromatic carbocycles. The van der Waals surface area contributed by atoms with Crippen molar-refractivity contribution in [2.45, 2.75) is 13.8 Å². The van der Waals surface area contributed by atoms with Crippen LogP contribution in [0, 0.1) is 12.3 Å². The van der Waals surface area contributed by atoms with Gasteiger partial charge in [0, 0.05) is 17.3 Å². The van der Waals surface area contributed by atoms with Crippen molar-refractivity contribution in [3.8, 4) is 0 Å². The number of nitrogens with zero attached hydrogens (tertiary/aromatic N) is 2. The van der Waals surface area contributed by atoms with Crippen molar-refractivity contribution < 1.29 is 0 Å². The molecule has 0 radical (unpaired) electrons. The van der Waals surface area contributed by atoms with Gasteiger partial charge in [0.05, 0.1) is 0 Å². The standard InChI is InChI=1S/C18H16N2/c1-3-10-15(4-2)18-19-14-13-17(20-18)16-11-8-6-5-7-9-12-16/h3-12H,1-2H3/b6-5-,7-5?,8-6?,9-7-,10-3-,11-8-,12-9?,15-4+,16-11?,16-12+. The van der Waals surface area contributed by atoms with Gasteiger partial charge in [-0.15, -0.1) is 0 Å². The SMILES string of the molecule is C/C=C\C(=C/C)c1nc#cc(C2=C/C=C\C=C/C=C\2)n1. The molecule has 0 saturated heterocycles. The lowest BCUT2D eigenvalue weighted by Gasteiger charge is -2.02. The number of aromatic nitrogens is 2. The van der Waals surface area contributed by atoms with E-state index in [2.05, 4.69) is 22.2 Å². The summed E-state index contributed by atoms with van der Waals surface area (Å²) in [5, 5.41) is 0. The van der Waals surface area contributed by atoms with E-state index < -0.39 is 0 Å². The molecule has 2 rings (SSSR count). The predicted octanol–water partition coefficient (Wildman–Crippen LogP) is 4.12. The first-order chi connectivity index (χ1) is 9.85. The molecule has 2 nitrogen and oxygen atoms in total. The largest absolute Gasteiger partial charge is 0.218 e. The third-order valence-electron chi connectivity index (χ3n) is 2.74. The van der Waals surface area contributed by atoms with E-state index in [1.54, 1.807) is 0 Å². The van der Waals surface area contributed by atoms with E-state index in [0.717, 1.165) is 16.8 Å². The molecule has 0 unspecified atom stereocenters. The average molecular weight is 260 g/mol. The fourth-order valence-electron chi connectivity index (χ4n) is 1.76. The van der Waals surface area contributed by atoms with E-state index in [0.29, 0.717) is 5.82 Å². The van der Waals surface area contributed by atoms with Gasteiger partial charge < -0.3 is 0 Å². The molecule has 0 spiro atoms. The van der Waals surface area contributed by atoms with E-state index in [4.69, 9.17) is 0 Å². The van der Waals surface area contributed by atoms with Crippen LogP contribution in [0.2, 0.25) is 0 Å². The molecule has 1 aromatic heterocycles. The Labute approximate surface area is 120 Å². The third kappa shape index (κ3) is 3.43. The van der Waals surface area contributed by atoms with Crippen molar-refractivity contribution in [1.82, 2.24) is 9.97 Å². The maximum atomic E-state index is 4.56. The van der Waals surface area contributed by atoms with Gasteiger partial charge in [-0.05, 0) is 19.9 Å². The van der Waals surface area contributed by atoms with Crippen molar-refractivity contribution in [2.24, 2.45) is 0 Å². The fraction of sp³-hybridized carbons (Fsp3) is 0.111. The highest BCUT2D eigenvalue weighted by atomic mass is 14.9. The van der Waals surface area contributed by atoms with Crippen molar-refractivity contribution >= 4 is 11.1 Å². The van der Waals surface area contributed by atoms with Crippen LogP contribution < -0.4 is 0 Å². The van der Waals surface area contributed by atoms with Gasteiger partial charge in [0.1, 0.15) is 5.69 Å². The normalized spacial score (nSPS) is 22.3. The van der Waals surface area contributed by atoms with Gasteiger partial charge in [0.15, 0.2) is 5.82 Å². The summed E-state index contributed by atoms with van der Waals surface area (Å²) < 4.78 is 0. The molecular weight excluding hydrogens is 244 g/mol. The molecule has 1 aliphatic rings. The van der Waals surface area contributed by atoms with E-state index in [-0.39, 0.29) is 0 Å². The van der Waals surface area contributed by atoms with E-state index in [1.165, 1.54) is 0 Å². The lowest BCUT2D eigenvalue weighted by molar-refractivity contribution is 1.11. The van der Waals surface area contributed by atoms with E-state index >= 15 is 0 Å². The van der Waals surface area contributed by atoms with Crippen LogP contribution in [0.4, 0.5) is 0 Å². The zero-order chi connectivity index (χ0) is 14.2. The first kappa shape index (κ1) is 13.8. The molecular formula is C18H16N2. The molecule has 0 saturated carbocycles. The Bertz CT molecular complexity index is 641. The summed E-state index contributed by atoms with van der Waals surface area (Å²) in [6.45, 7) is 3.94. The van der Waals surface area contributed by atoms with Gasteiger partial charge in [0.2, 0.25) is 0 Å². The number of allylic oxidation sites excluding steroid dienone is 12. The predicted molar refractivity (Wildman–Crippen MR) is 83.6 cm³/mol. The molecule has 0 bridgehead atoms. The summed E-state index contributed by atoms with van der Waals surface area (Å²) in [6.07, 6.45) is 22.6. The van der Waals surface area contributed by atoms with Gasteiger partial charge in [-0.25, -0.2) is 4.98 Å².